The van der Waals surface area contributed by atoms with E-state index in [1.807, 2.05) is 25.1 Å². The molecule has 1 aliphatic rings. The lowest BCUT2D eigenvalue weighted by Gasteiger charge is -2.27. The Labute approximate surface area is 167 Å². The van der Waals surface area contributed by atoms with Crippen LogP contribution in [0.4, 0.5) is 0 Å². The average Bonchev–Trinajstić information content (AvgIpc) is 2.92. The van der Waals surface area contributed by atoms with E-state index in [4.69, 9.17) is 13.7 Å². The van der Waals surface area contributed by atoms with Gasteiger partial charge >= 0.3 is 0 Å². The van der Waals surface area contributed by atoms with Crippen LogP contribution in [0.3, 0.4) is 0 Å². The first-order valence-electron chi connectivity index (χ1n) is 9.67. The topological polar surface area (TPSA) is 61.8 Å². The number of ether oxygens (including phenoxy) is 2. The first-order chi connectivity index (χ1) is 13.5. The van der Waals surface area contributed by atoms with E-state index >= 15 is 0 Å². The summed E-state index contributed by atoms with van der Waals surface area (Å²) in [5.41, 5.74) is 1.94. The van der Waals surface area contributed by atoms with Crippen molar-refractivity contribution in [3.8, 4) is 11.5 Å². The molecule has 5 nitrogen and oxygen atoms in total. The van der Waals surface area contributed by atoms with Gasteiger partial charge in [0.1, 0.15) is 0 Å². The maximum absolute atomic E-state index is 12.9. The summed E-state index contributed by atoms with van der Waals surface area (Å²) in [7, 11) is -0.631. The molecule has 6 heteroatoms. The van der Waals surface area contributed by atoms with Gasteiger partial charge in [-0.25, -0.2) is 0 Å². The number of methoxy groups -OCH3 is 2. The fourth-order valence-electron chi connectivity index (χ4n) is 3.87. The minimum atomic E-state index is -3.84. The smallest absolute Gasteiger partial charge is 0.297 e. The Balaban J connectivity index is 1.95. The maximum Gasteiger partial charge on any atom is 0.297 e. The van der Waals surface area contributed by atoms with E-state index in [2.05, 4.69) is 0 Å². The molecule has 1 saturated carbocycles. The minimum Gasteiger partial charge on any atom is -0.493 e. The highest BCUT2D eigenvalue weighted by atomic mass is 32.2. The molecule has 152 valence electrons. The summed E-state index contributed by atoms with van der Waals surface area (Å²) in [6.07, 6.45) is 4.13. The molecule has 0 radical (unpaired) electrons. The van der Waals surface area contributed by atoms with E-state index in [0.717, 1.165) is 36.8 Å². The molecule has 0 unspecified atom stereocenters. The molecule has 3 rings (SSSR count). The molecule has 2 atom stereocenters. The molecule has 1 fully saturated rings. The van der Waals surface area contributed by atoms with E-state index in [9.17, 15) is 8.42 Å². The van der Waals surface area contributed by atoms with E-state index < -0.39 is 16.2 Å². The number of benzene rings is 2. The summed E-state index contributed by atoms with van der Waals surface area (Å²) in [5.74, 6) is 1.22. The zero-order chi connectivity index (χ0) is 20.1. The van der Waals surface area contributed by atoms with Gasteiger partial charge in [0.15, 0.2) is 11.5 Å². The van der Waals surface area contributed by atoms with Gasteiger partial charge in [-0.3, -0.25) is 4.18 Å². The van der Waals surface area contributed by atoms with Crippen molar-refractivity contribution in [2.75, 3.05) is 14.2 Å². The van der Waals surface area contributed by atoms with Crippen LogP contribution in [0.5, 0.6) is 11.5 Å². The van der Waals surface area contributed by atoms with Gasteiger partial charge in [0, 0.05) is 11.5 Å². The lowest BCUT2D eigenvalue weighted by Crippen LogP contribution is -2.25. The number of hydrogen-bond donors (Lipinski definition) is 0. The van der Waals surface area contributed by atoms with Gasteiger partial charge in [0.05, 0.1) is 25.2 Å². The molecule has 0 aliphatic heterocycles. The highest BCUT2D eigenvalue weighted by Crippen LogP contribution is 2.43. The van der Waals surface area contributed by atoms with Crippen molar-refractivity contribution < 1.29 is 22.1 Å². The maximum atomic E-state index is 12.9. The zero-order valence-corrected chi connectivity index (χ0v) is 17.5. The molecule has 0 aromatic heterocycles. The lowest BCUT2D eigenvalue weighted by molar-refractivity contribution is 0.166. The predicted molar refractivity (Wildman–Crippen MR) is 109 cm³/mol. The summed E-state index contributed by atoms with van der Waals surface area (Å²) in [6, 6.07) is 12.5. The van der Waals surface area contributed by atoms with Crippen molar-refractivity contribution >= 4 is 10.1 Å². The molecule has 0 heterocycles. The Hall–Kier alpha value is -2.05. The van der Waals surface area contributed by atoms with Crippen LogP contribution in [0.15, 0.2) is 47.4 Å². The molecule has 0 saturated heterocycles. The van der Waals surface area contributed by atoms with Crippen molar-refractivity contribution in [1.82, 2.24) is 0 Å². The van der Waals surface area contributed by atoms with Gasteiger partial charge in [-0.2, -0.15) is 8.42 Å². The number of hydrogen-bond acceptors (Lipinski definition) is 5. The second-order valence-corrected chi connectivity index (χ2v) is 8.80. The third kappa shape index (κ3) is 4.50. The highest BCUT2D eigenvalue weighted by Gasteiger charge is 2.33. The molecule has 1 aliphatic carbocycles. The summed E-state index contributed by atoms with van der Waals surface area (Å²) < 4.78 is 42.6. The van der Waals surface area contributed by atoms with Crippen LogP contribution in [0.25, 0.3) is 0 Å². The summed E-state index contributed by atoms with van der Waals surface area (Å²) in [5, 5.41) is 0. The fourth-order valence-corrected chi connectivity index (χ4v) is 5.01. The normalized spacial score (nSPS) is 20.4. The highest BCUT2D eigenvalue weighted by molar-refractivity contribution is 7.86. The van der Waals surface area contributed by atoms with Gasteiger partial charge in [0.25, 0.3) is 10.1 Å². The van der Waals surface area contributed by atoms with Gasteiger partial charge in [-0.15, -0.1) is 0 Å². The quantitative estimate of drug-likeness (QED) is 0.509. The Morgan fingerprint density at radius 1 is 0.893 bits per heavy atom. The lowest BCUT2D eigenvalue weighted by atomic mass is 9.88. The molecule has 28 heavy (non-hydrogen) atoms. The Bertz CT molecular complexity index is 890. The molecular weight excluding hydrogens is 376 g/mol. The van der Waals surface area contributed by atoms with Crippen molar-refractivity contribution in [1.29, 1.82) is 0 Å². The van der Waals surface area contributed by atoms with Crippen molar-refractivity contribution in [2.45, 2.75) is 55.9 Å². The molecule has 0 N–H and O–H groups in total. The van der Waals surface area contributed by atoms with Crippen molar-refractivity contribution in [2.24, 2.45) is 0 Å². The van der Waals surface area contributed by atoms with Crippen LogP contribution in [0.2, 0.25) is 0 Å². The van der Waals surface area contributed by atoms with Crippen LogP contribution in [-0.4, -0.2) is 28.7 Å². The summed E-state index contributed by atoms with van der Waals surface area (Å²) >= 11 is 0. The zero-order valence-electron chi connectivity index (χ0n) is 16.7. The predicted octanol–water partition coefficient (Wildman–Crippen LogP) is 4.83. The molecule has 0 spiro atoms. The summed E-state index contributed by atoms with van der Waals surface area (Å²) in [4.78, 5) is 0.193. The van der Waals surface area contributed by atoms with E-state index in [1.54, 1.807) is 38.5 Å². The molecule has 2 aromatic carbocycles. The molecule has 0 amide bonds. The molecule has 0 bridgehead atoms. The van der Waals surface area contributed by atoms with E-state index in [-0.39, 0.29) is 10.8 Å². The third-order valence-electron chi connectivity index (χ3n) is 5.35. The molecular formula is C22H28O5S. The minimum absolute atomic E-state index is 0.0761. The SMILES string of the molecule is COc1cccc([C@H]2CCCCC[C@@H]2OS(=O)(=O)c2ccc(C)cc2)c1OC. The van der Waals surface area contributed by atoms with E-state index in [0.29, 0.717) is 17.9 Å². The van der Waals surface area contributed by atoms with Crippen molar-refractivity contribution in [3.63, 3.8) is 0 Å². The Morgan fingerprint density at radius 2 is 1.61 bits per heavy atom. The number of para-hydroxylation sites is 1. The van der Waals surface area contributed by atoms with Gasteiger partial charge in [0.2, 0.25) is 0 Å². The van der Waals surface area contributed by atoms with E-state index in [1.165, 1.54) is 0 Å². The monoisotopic (exact) mass is 404 g/mol. The Kier molecular flexibility index (Phi) is 6.62. The van der Waals surface area contributed by atoms with Crippen LogP contribution >= 0.6 is 0 Å². The third-order valence-corrected chi connectivity index (χ3v) is 6.70. The van der Waals surface area contributed by atoms with Crippen LogP contribution < -0.4 is 9.47 Å². The standard InChI is InChI=1S/C22H28O5S/c1-16-12-14-17(15-13-16)28(23,24)27-20-10-6-4-5-8-18(20)19-9-7-11-21(25-2)22(19)26-3/h7,9,11-15,18,20H,4-6,8,10H2,1-3H3/t18-,20+/m1/s1. The summed E-state index contributed by atoms with van der Waals surface area (Å²) in [6.45, 7) is 1.92. The molecule has 2 aromatic rings. The van der Waals surface area contributed by atoms with Crippen LogP contribution in [0.1, 0.15) is 49.1 Å². The van der Waals surface area contributed by atoms with Crippen molar-refractivity contribution in [3.05, 3.63) is 53.6 Å². The first kappa shape index (κ1) is 20.7. The number of rotatable bonds is 6. The number of aryl methyl sites for hydroxylation is 1. The second-order valence-electron chi connectivity index (χ2n) is 7.23. The largest absolute Gasteiger partial charge is 0.493 e. The average molecular weight is 405 g/mol. The van der Waals surface area contributed by atoms with Gasteiger partial charge < -0.3 is 9.47 Å². The fraction of sp³-hybridized carbons (Fsp3) is 0.455. The van der Waals surface area contributed by atoms with Gasteiger partial charge in [-0.05, 0) is 38.0 Å². The second kappa shape index (κ2) is 8.97. The van der Waals surface area contributed by atoms with Gasteiger partial charge in [-0.1, -0.05) is 49.1 Å². The van der Waals surface area contributed by atoms with Crippen LogP contribution in [0, 0.1) is 6.92 Å². The van der Waals surface area contributed by atoms with Crippen LogP contribution in [-0.2, 0) is 14.3 Å². The first-order valence-corrected chi connectivity index (χ1v) is 11.1. The Morgan fingerprint density at radius 3 is 2.29 bits per heavy atom.